The zero-order valence-corrected chi connectivity index (χ0v) is 10.6. The minimum Gasteiger partial charge on any atom is -0.368 e. The molecular weight excluding hydrogens is 262 g/mol. The van der Waals surface area contributed by atoms with Gasteiger partial charge in [-0.05, 0) is 12.1 Å². The van der Waals surface area contributed by atoms with Crippen LogP contribution in [0.25, 0.3) is 10.9 Å². The van der Waals surface area contributed by atoms with Crippen LogP contribution in [0, 0.1) is 0 Å². The van der Waals surface area contributed by atoms with Crippen LogP contribution in [0.4, 0.5) is 17.5 Å². The Balaban J connectivity index is 2.05. The van der Waals surface area contributed by atoms with Gasteiger partial charge >= 0.3 is 0 Å². The van der Waals surface area contributed by atoms with Crippen molar-refractivity contribution in [3.8, 4) is 0 Å². The average Bonchev–Trinajstić information content (AvgIpc) is 2.38. The van der Waals surface area contributed by atoms with Crippen LogP contribution in [0.15, 0.2) is 42.6 Å². The number of nitrogen functional groups attached to an aromatic ring is 1. The van der Waals surface area contributed by atoms with E-state index in [0.29, 0.717) is 11.0 Å². The number of fused-ring (bicyclic) bond motifs is 1. The summed E-state index contributed by atoms with van der Waals surface area (Å²) in [7, 11) is 0. The number of pyridine rings is 1. The van der Waals surface area contributed by atoms with Gasteiger partial charge in [0.15, 0.2) is 0 Å². The van der Waals surface area contributed by atoms with Crippen molar-refractivity contribution in [1.82, 2.24) is 15.0 Å². The number of nitrogens with two attached hydrogens (primary N) is 1. The van der Waals surface area contributed by atoms with Gasteiger partial charge < -0.3 is 11.1 Å². The highest BCUT2D eigenvalue weighted by Gasteiger charge is 2.05. The smallest absolute Gasteiger partial charge is 0.223 e. The maximum Gasteiger partial charge on any atom is 0.223 e. The zero-order valence-electron chi connectivity index (χ0n) is 9.84. The van der Waals surface area contributed by atoms with E-state index in [1.807, 2.05) is 30.3 Å². The Hall–Kier alpha value is -2.40. The Bertz CT molecular complexity index is 718. The van der Waals surface area contributed by atoms with E-state index in [1.54, 1.807) is 12.3 Å². The molecule has 2 heterocycles. The molecule has 1 aromatic carbocycles. The van der Waals surface area contributed by atoms with Crippen LogP contribution in [0.2, 0.25) is 5.15 Å². The molecular formula is C13H10ClN5. The van der Waals surface area contributed by atoms with Gasteiger partial charge in [-0.25, -0.2) is 4.98 Å². The largest absolute Gasteiger partial charge is 0.368 e. The number of para-hydroxylation sites is 1. The van der Waals surface area contributed by atoms with E-state index in [9.17, 15) is 0 Å². The van der Waals surface area contributed by atoms with E-state index >= 15 is 0 Å². The van der Waals surface area contributed by atoms with E-state index in [4.69, 9.17) is 17.3 Å². The average molecular weight is 272 g/mol. The van der Waals surface area contributed by atoms with Gasteiger partial charge in [0.05, 0.1) is 11.2 Å². The maximum atomic E-state index is 5.85. The summed E-state index contributed by atoms with van der Waals surface area (Å²) in [6.07, 6.45) is 1.74. The minimum atomic E-state index is 0.128. The maximum absolute atomic E-state index is 5.85. The molecule has 0 spiro atoms. The second-order valence-corrected chi connectivity index (χ2v) is 4.33. The topological polar surface area (TPSA) is 76.7 Å². The molecule has 3 N–H and O–H groups in total. The molecule has 0 radical (unpaired) electrons. The molecule has 3 rings (SSSR count). The fraction of sp³-hybridized carbons (Fsp3) is 0. The number of aromatic nitrogens is 3. The third kappa shape index (κ3) is 2.41. The summed E-state index contributed by atoms with van der Waals surface area (Å²) in [5.41, 5.74) is 7.26. The first-order valence-corrected chi connectivity index (χ1v) is 6.01. The number of hydrogen-bond donors (Lipinski definition) is 2. The first-order chi connectivity index (χ1) is 9.22. The van der Waals surface area contributed by atoms with Gasteiger partial charge in [-0.2, -0.15) is 4.98 Å². The molecule has 0 saturated carbocycles. The highest BCUT2D eigenvalue weighted by molar-refractivity contribution is 6.29. The molecule has 0 unspecified atom stereocenters. The van der Waals surface area contributed by atoms with E-state index in [2.05, 4.69) is 20.3 Å². The molecule has 0 bridgehead atoms. The third-order valence-corrected chi connectivity index (χ3v) is 2.80. The molecule has 0 saturated heterocycles. The number of rotatable bonds is 2. The SMILES string of the molecule is Nc1nc(Cl)cc(Nc2cccc3cccnc23)n1. The predicted molar refractivity (Wildman–Crippen MR) is 76.5 cm³/mol. The number of benzene rings is 1. The number of halogens is 1. The molecule has 0 aliphatic heterocycles. The molecule has 0 aliphatic rings. The summed E-state index contributed by atoms with van der Waals surface area (Å²) >= 11 is 5.85. The Morgan fingerprint density at radius 3 is 2.79 bits per heavy atom. The van der Waals surface area contributed by atoms with Crippen molar-refractivity contribution < 1.29 is 0 Å². The van der Waals surface area contributed by atoms with Crippen LogP contribution in [0.5, 0.6) is 0 Å². The summed E-state index contributed by atoms with van der Waals surface area (Å²) in [5.74, 6) is 0.666. The second-order valence-electron chi connectivity index (χ2n) is 3.94. The summed E-state index contributed by atoms with van der Waals surface area (Å²) in [5, 5.41) is 4.49. The predicted octanol–water partition coefficient (Wildman–Crippen LogP) is 3.00. The molecule has 2 aromatic heterocycles. The van der Waals surface area contributed by atoms with E-state index in [-0.39, 0.29) is 5.95 Å². The molecule has 19 heavy (non-hydrogen) atoms. The Morgan fingerprint density at radius 1 is 1.11 bits per heavy atom. The lowest BCUT2D eigenvalue weighted by atomic mass is 10.2. The van der Waals surface area contributed by atoms with Crippen LogP contribution in [-0.4, -0.2) is 15.0 Å². The minimum absolute atomic E-state index is 0.128. The molecule has 0 aliphatic carbocycles. The van der Waals surface area contributed by atoms with Crippen molar-refractivity contribution in [2.45, 2.75) is 0 Å². The summed E-state index contributed by atoms with van der Waals surface area (Å²) < 4.78 is 0. The molecule has 5 nitrogen and oxygen atoms in total. The van der Waals surface area contributed by atoms with E-state index < -0.39 is 0 Å². The highest BCUT2D eigenvalue weighted by Crippen LogP contribution is 2.24. The highest BCUT2D eigenvalue weighted by atomic mass is 35.5. The van der Waals surface area contributed by atoms with Crippen molar-refractivity contribution in [2.24, 2.45) is 0 Å². The Kier molecular flexibility index (Phi) is 2.89. The van der Waals surface area contributed by atoms with Gasteiger partial charge in [0.25, 0.3) is 0 Å². The normalized spacial score (nSPS) is 10.6. The first-order valence-electron chi connectivity index (χ1n) is 5.63. The van der Waals surface area contributed by atoms with E-state index in [1.165, 1.54) is 0 Å². The third-order valence-electron chi connectivity index (χ3n) is 2.61. The molecule has 0 amide bonds. The lowest BCUT2D eigenvalue weighted by Crippen LogP contribution is -2.00. The van der Waals surface area contributed by atoms with Crippen molar-refractivity contribution in [1.29, 1.82) is 0 Å². The monoisotopic (exact) mass is 271 g/mol. The number of anilines is 3. The molecule has 3 aromatic rings. The van der Waals surface area contributed by atoms with Gasteiger partial charge in [0, 0.05) is 17.6 Å². The van der Waals surface area contributed by atoms with Crippen molar-refractivity contribution in [3.05, 3.63) is 47.7 Å². The fourth-order valence-corrected chi connectivity index (χ4v) is 2.03. The van der Waals surface area contributed by atoms with Gasteiger partial charge in [0.2, 0.25) is 5.95 Å². The molecule has 94 valence electrons. The summed E-state index contributed by atoms with van der Waals surface area (Å²) in [6.45, 7) is 0. The van der Waals surface area contributed by atoms with E-state index in [0.717, 1.165) is 16.6 Å². The van der Waals surface area contributed by atoms with Crippen LogP contribution in [-0.2, 0) is 0 Å². The van der Waals surface area contributed by atoms with Crippen molar-refractivity contribution in [2.75, 3.05) is 11.1 Å². The summed E-state index contributed by atoms with van der Waals surface area (Å²) in [4.78, 5) is 12.2. The van der Waals surface area contributed by atoms with Crippen LogP contribution in [0.1, 0.15) is 0 Å². The number of nitrogens with one attached hydrogen (secondary N) is 1. The van der Waals surface area contributed by atoms with Crippen molar-refractivity contribution in [3.63, 3.8) is 0 Å². The van der Waals surface area contributed by atoms with Crippen LogP contribution in [0.3, 0.4) is 0 Å². The second kappa shape index (κ2) is 4.70. The zero-order chi connectivity index (χ0) is 13.2. The lowest BCUT2D eigenvalue weighted by molar-refractivity contribution is 1.18. The van der Waals surface area contributed by atoms with Gasteiger partial charge in [-0.3, -0.25) is 4.98 Å². The van der Waals surface area contributed by atoms with Gasteiger partial charge in [0.1, 0.15) is 11.0 Å². The van der Waals surface area contributed by atoms with Crippen molar-refractivity contribution >= 4 is 40.0 Å². The molecule has 0 atom stereocenters. The van der Waals surface area contributed by atoms with Gasteiger partial charge in [-0.1, -0.05) is 29.8 Å². The van der Waals surface area contributed by atoms with Crippen LogP contribution >= 0.6 is 11.6 Å². The summed E-state index contributed by atoms with van der Waals surface area (Å²) in [6, 6.07) is 11.4. The number of hydrogen-bond acceptors (Lipinski definition) is 5. The Labute approximate surface area is 114 Å². The molecule has 6 heteroatoms. The number of nitrogens with zero attached hydrogens (tertiary/aromatic N) is 3. The standard InChI is InChI=1S/C13H10ClN5/c14-10-7-11(19-13(15)18-10)17-9-5-1-3-8-4-2-6-16-12(8)9/h1-7H,(H3,15,17,18,19). The quantitative estimate of drug-likeness (QED) is 0.701. The van der Waals surface area contributed by atoms with Crippen LogP contribution < -0.4 is 11.1 Å². The first kappa shape index (κ1) is 11.7. The van der Waals surface area contributed by atoms with Gasteiger partial charge in [-0.15, -0.1) is 0 Å². The Morgan fingerprint density at radius 2 is 1.95 bits per heavy atom. The lowest BCUT2D eigenvalue weighted by Gasteiger charge is -2.08. The molecule has 0 fully saturated rings. The fourth-order valence-electron chi connectivity index (χ4n) is 1.84.